The lowest BCUT2D eigenvalue weighted by atomic mass is 10.2. The van der Waals surface area contributed by atoms with E-state index >= 15 is 0 Å². The summed E-state index contributed by atoms with van der Waals surface area (Å²) in [4.78, 5) is 9.01. The van der Waals surface area contributed by atoms with Crippen LogP contribution >= 0.6 is 11.6 Å². The lowest BCUT2D eigenvalue weighted by Crippen LogP contribution is -2.41. The zero-order valence-electron chi connectivity index (χ0n) is 16.5. The molecule has 1 unspecified atom stereocenters. The van der Waals surface area contributed by atoms with E-state index in [2.05, 4.69) is 25.7 Å². The molecule has 1 aromatic carbocycles. The molecule has 2 aromatic heterocycles. The summed E-state index contributed by atoms with van der Waals surface area (Å²) in [5.74, 6) is 2.29. The molecule has 0 spiro atoms. The molecular weight excluding hydrogens is 388 g/mol. The summed E-state index contributed by atoms with van der Waals surface area (Å²) >= 11 is 5.91. The number of hydrogen-bond acceptors (Lipinski definition) is 4. The fraction of sp³-hybridized carbons (Fsp3) is 0.286. The Morgan fingerprint density at radius 3 is 2.76 bits per heavy atom. The van der Waals surface area contributed by atoms with Gasteiger partial charge in [0.25, 0.3) is 0 Å². The number of rotatable bonds is 8. The monoisotopic (exact) mass is 412 g/mol. The Labute approximate surface area is 175 Å². The zero-order chi connectivity index (χ0) is 20.5. The van der Waals surface area contributed by atoms with E-state index in [0.717, 1.165) is 29.6 Å². The number of halogens is 1. The van der Waals surface area contributed by atoms with Crippen molar-refractivity contribution >= 4 is 17.6 Å². The van der Waals surface area contributed by atoms with Crippen LogP contribution in [-0.4, -0.2) is 39.9 Å². The van der Waals surface area contributed by atoms with Gasteiger partial charge in [0.1, 0.15) is 11.9 Å². The minimum Gasteiger partial charge on any atom is -0.489 e. The number of aliphatic imine (C=N–C) groups is 1. The molecule has 1 atom stereocenters. The molecule has 0 fully saturated rings. The molecule has 0 aliphatic heterocycles. The summed E-state index contributed by atoms with van der Waals surface area (Å²) in [6.07, 6.45) is 5.33. The maximum absolute atomic E-state index is 5.91. The number of nitrogens with one attached hydrogen (secondary N) is 2. The van der Waals surface area contributed by atoms with E-state index in [4.69, 9.17) is 16.3 Å². The van der Waals surface area contributed by atoms with E-state index in [1.165, 1.54) is 0 Å². The first-order valence-electron chi connectivity index (χ1n) is 9.53. The fourth-order valence-electron chi connectivity index (χ4n) is 2.63. The summed E-state index contributed by atoms with van der Waals surface area (Å²) in [7, 11) is 0. The largest absolute Gasteiger partial charge is 0.489 e. The van der Waals surface area contributed by atoms with Gasteiger partial charge in [-0.25, -0.2) is 14.7 Å². The second-order valence-electron chi connectivity index (χ2n) is 6.43. The van der Waals surface area contributed by atoms with E-state index in [1.54, 1.807) is 17.1 Å². The van der Waals surface area contributed by atoms with Crippen molar-refractivity contribution in [1.29, 1.82) is 0 Å². The molecule has 0 bridgehead atoms. The van der Waals surface area contributed by atoms with Crippen LogP contribution in [-0.2, 0) is 6.54 Å². The van der Waals surface area contributed by atoms with Gasteiger partial charge in [-0.3, -0.25) is 0 Å². The standard InChI is InChI=1S/C21H25ClN6O/c1-3-23-21(25-14-16(2)29-19-7-5-18(22)6-8-19)26-15-17-9-11-24-20(13-17)28-12-4-10-27-28/h4-13,16H,3,14-15H2,1-2H3,(H2,23,25,26). The fourth-order valence-corrected chi connectivity index (χ4v) is 2.75. The molecular formula is C21H25ClN6O. The van der Waals surface area contributed by atoms with Crippen molar-refractivity contribution in [2.45, 2.75) is 26.5 Å². The number of hydrogen-bond donors (Lipinski definition) is 2. The molecule has 3 rings (SSSR count). The average molecular weight is 413 g/mol. The van der Waals surface area contributed by atoms with Gasteiger partial charge >= 0.3 is 0 Å². The minimum atomic E-state index is -0.0348. The summed E-state index contributed by atoms with van der Waals surface area (Å²) in [6.45, 7) is 5.95. The van der Waals surface area contributed by atoms with Gasteiger partial charge in [-0.1, -0.05) is 11.6 Å². The average Bonchev–Trinajstić information content (AvgIpc) is 3.27. The Bertz CT molecular complexity index is 911. The molecule has 0 aliphatic rings. The third-order valence-corrected chi connectivity index (χ3v) is 4.27. The SMILES string of the molecule is CCNC(=NCc1ccnc(-n2cccn2)c1)NCC(C)Oc1ccc(Cl)cc1. The molecule has 29 heavy (non-hydrogen) atoms. The van der Waals surface area contributed by atoms with Gasteiger partial charge < -0.3 is 15.4 Å². The van der Waals surface area contributed by atoms with Crippen molar-refractivity contribution < 1.29 is 4.74 Å². The molecule has 0 saturated carbocycles. The van der Waals surface area contributed by atoms with Crippen LogP contribution in [0, 0.1) is 0 Å². The summed E-state index contributed by atoms with van der Waals surface area (Å²) < 4.78 is 7.62. The molecule has 8 heteroatoms. The first-order chi connectivity index (χ1) is 14.1. The molecule has 0 amide bonds. The van der Waals surface area contributed by atoms with Gasteiger partial charge in [0, 0.05) is 30.2 Å². The second-order valence-corrected chi connectivity index (χ2v) is 6.87. The van der Waals surface area contributed by atoms with Gasteiger partial charge in [-0.05, 0) is 61.9 Å². The highest BCUT2D eigenvalue weighted by molar-refractivity contribution is 6.30. The van der Waals surface area contributed by atoms with Crippen molar-refractivity contribution in [3.8, 4) is 11.6 Å². The second kappa shape index (κ2) is 10.5. The number of pyridine rings is 1. The van der Waals surface area contributed by atoms with Gasteiger partial charge in [-0.15, -0.1) is 0 Å². The highest BCUT2D eigenvalue weighted by atomic mass is 35.5. The zero-order valence-corrected chi connectivity index (χ0v) is 17.3. The van der Waals surface area contributed by atoms with Crippen LogP contribution < -0.4 is 15.4 Å². The Morgan fingerprint density at radius 1 is 1.21 bits per heavy atom. The molecule has 2 heterocycles. The first kappa shape index (κ1) is 20.7. The van der Waals surface area contributed by atoms with Gasteiger partial charge in [0.05, 0.1) is 13.1 Å². The highest BCUT2D eigenvalue weighted by Crippen LogP contribution is 2.16. The first-order valence-corrected chi connectivity index (χ1v) is 9.91. The van der Waals surface area contributed by atoms with Crippen LogP contribution in [0.15, 0.2) is 66.0 Å². The van der Waals surface area contributed by atoms with Crippen LogP contribution in [0.2, 0.25) is 5.02 Å². The normalized spacial score (nSPS) is 12.4. The Hall–Kier alpha value is -3.06. The van der Waals surface area contributed by atoms with Gasteiger partial charge in [-0.2, -0.15) is 5.10 Å². The molecule has 0 radical (unpaired) electrons. The minimum absolute atomic E-state index is 0.0348. The third-order valence-electron chi connectivity index (χ3n) is 4.02. The predicted octanol–water partition coefficient (Wildman–Crippen LogP) is 3.44. The summed E-state index contributed by atoms with van der Waals surface area (Å²) in [5, 5.41) is 11.5. The maximum Gasteiger partial charge on any atom is 0.191 e. The Morgan fingerprint density at radius 2 is 2.03 bits per heavy atom. The van der Waals surface area contributed by atoms with Gasteiger partial charge in [0.2, 0.25) is 0 Å². The maximum atomic E-state index is 5.91. The summed E-state index contributed by atoms with van der Waals surface area (Å²) in [5.41, 5.74) is 1.05. The number of aromatic nitrogens is 3. The highest BCUT2D eigenvalue weighted by Gasteiger charge is 2.06. The third kappa shape index (κ3) is 6.50. The molecule has 152 valence electrons. The summed E-state index contributed by atoms with van der Waals surface area (Å²) in [6, 6.07) is 13.1. The van der Waals surface area contributed by atoms with Crippen molar-refractivity contribution in [1.82, 2.24) is 25.4 Å². The van der Waals surface area contributed by atoms with Crippen molar-refractivity contribution in [3.05, 3.63) is 71.6 Å². The Balaban J connectivity index is 1.57. The van der Waals surface area contributed by atoms with Crippen LogP contribution in [0.25, 0.3) is 5.82 Å². The van der Waals surface area contributed by atoms with Crippen molar-refractivity contribution in [2.75, 3.05) is 13.1 Å². The smallest absolute Gasteiger partial charge is 0.191 e. The lowest BCUT2D eigenvalue weighted by Gasteiger charge is -2.17. The molecule has 0 aliphatic carbocycles. The number of ether oxygens (including phenoxy) is 1. The number of guanidine groups is 1. The molecule has 7 nitrogen and oxygen atoms in total. The van der Waals surface area contributed by atoms with Crippen LogP contribution in [0.5, 0.6) is 5.75 Å². The molecule has 0 saturated heterocycles. The molecule has 3 aromatic rings. The van der Waals surface area contributed by atoms with Crippen LogP contribution in [0.1, 0.15) is 19.4 Å². The number of benzene rings is 1. The van der Waals surface area contributed by atoms with E-state index in [9.17, 15) is 0 Å². The van der Waals surface area contributed by atoms with E-state index < -0.39 is 0 Å². The topological polar surface area (TPSA) is 76.4 Å². The van der Waals surface area contributed by atoms with E-state index in [1.807, 2.05) is 62.5 Å². The predicted molar refractivity (Wildman–Crippen MR) is 116 cm³/mol. The quantitative estimate of drug-likeness (QED) is 0.437. The Kier molecular flexibility index (Phi) is 7.47. The van der Waals surface area contributed by atoms with E-state index in [0.29, 0.717) is 18.1 Å². The molecule has 2 N–H and O–H groups in total. The van der Waals surface area contributed by atoms with Crippen LogP contribution in [0.3, 0.4) is 0 Å². The number of nitrogens with zero attached hydrogens (tertiary/aromatic N) is 4. The van der Waals surface area contributed by atoms with Gasteiger partial charge in [0.15, 0.2) is 11.8 Å². The van der Waals surface area contributed by atoms with Crippen molar-refractivity contribution in [2.24, 2.45) is 4.99 Å². The van der Waals surface area contributed by atoms with Crippen molar-refractivity contribution in [3.63, 3.8) is 0 Å². The van der Waals surface area contributed by atoms with Crippen LogP contribution in [0.4, 0.5) is 0 Å². The van der Waals surface area contributed by atoms with E-state index in [-0.39, 0.29) is 6.10 Å². The lowest BCUT2D eigenvalue weighted by molar-refractivity contribution is 0.224.